The number of nitrogens with one attached hydrogen (secondary N) is 2. The van der Waals surface area contributed by atoms with Crippen LogP contribution in [0.2, 0.25) is 0 Å². The molecule has 0 spiro atoms. The van der Waals surface area contributed by atoms with E-state index >= 15 is 0 Å². The number of hydrogen-bond acceptors (Lipinski definition) is 5. The molecule has 0 aromatic heterocycles. The average molecular weight is 320 g/mol. The maximum Gasteiger partial charge on any atom is 0.293 e. The van der Waals surface area contributed by atoms with Crippen LogP contribution < -0.4 is 10.7 Å². The summed E-state index contributed by atoms with van der Waals surface area (Å²) >= 11 is 0. The quantitative estimate of drug-likeness (QED) is 0.435. The van der Waals surface area contributed by atoms with Crippen molar-refractivity contribution >= 4 is 23.0 Å². The molecule has 1 rings (SSSR count). The van der Waals surface area contributed by atoms with E-state index < -0.39 is 10.8 Å². The third-order valence-electron chi connectivity index (χ3n) is 3.26. The second kappa shape index (κ2) is 8.87. The SMILES string of the molecule is CCNc1ccc(C(=O)N/N=C(\C)CCC(C)C)cc1[N+](=O)[O-]. The molecule has 0 saturated carbocycles. The Balaban J connectivity index is 2.82. The van der Waals surface area contributed by atoms with Gasteiger partial charge in [-0.25, -0.2) is 5.43 Å². The molecule has 1 amide bonds. The molecule has 0 aliphatic rings. The molecule has 0 aliphatic carbocycles. The molecule has 0 atom stereocenters. The maximum atomic E-state index is 12.1. The summed E-state index contributed by atoms with van der Waals surface area (Å²) < 4.78 is 0. The summed E-state index contributed by atoms with van der Waals surface area (Å²) in [5, 5.41) is 18.0. The lowest BCUT2D eigenvalue weighted by Crippen LogP contribution is -2.19. The first-order valence-corrected chi connectivity index (χ1v) is 7.71. The fourth-order valence-corrected chi connectivity index (χ4v) is 1.93. The number of hydrazone groups is 1. The normalized spacial score (nSPS) is 11.4. The van der Waals surface area contributed by atoms with Crippen molar-refractivity contribution < 1.29 is 9.72 Å². The molecular formula is C16H24N4O3. The van der Waals surface area contributed by atoms with E-state index in [1.165, 1.54) is 12.1 Å². The second-order valence-electron chi connectivity index (χ2n) is 5.74. The first-order valence-electron chi connectivity index (χ1n) is 7.71. The molecule has 0 heterocycles. The molecule has 1 aromatic carbocycles. The smallest absolute Gasteiger partial charge is 0.293 e. The Bertz CT molecular complexity index is 597. The molecule has 126 valence electrons. The number of nitro benzene ring substituents is 1. The van der Waals surface area contributed by atoms with E-state index in [2.05, 4.69) is 29.7 Å². The minimum Gasteiger partial charge on any atom is -0.380 e. The lowest BCUT2D eigenvalue weighted by molar-refractivity contribution is -0.384. The number of nitrogens with zero attached hydrogens (tertiary/aromatic N) is 2. The first kappa shape index (κ1) is 18.6. The molecule has 7 heteroatoms. The Morgan fingerprint density at radius 1 is 1.39 bits per heavy atom. The summed E-state index contributed by atoms with van der Waals surface area (Å²) in [6.07, 6.45) is 1.80. The maximum absolute atomic E-state index is 12.1. The van der Waals surface area contributed by atoms with Crippen LogP contribution in [0.1, 0.15) is 50.9 Å². The van der Waals surface area contributed by atoms with Gasteiger partial charge in [-0.15, -0.1) is 0 Å². The standard InChI is InChI=1S/C16H24N4O3/c1-5-17-14-9-8-13(10-15(14)20(22)23)16(21)19-18-12(4)7-6-11(2)3/h8-11,17H,5-7H2,1-4H3,(H,19,21)/b18-12+. The molecule has 23 heavy (non-hydrogen) atoms. The van der Waals surface area contributed by atoms with Crippen molar-refractivity contribution in [2.75, 3.05) is 11.9 Å². The van der Waals surface area contributed by atoms with Gasteiger partial charge < -0.3 is 5.32 Å². The summed E-state index contributed by atoms with van der Waals surface area (Å²) in [7, 11) is 0. The van der Waals surface area contributed by atoms with E-state index in [1.807, 2.05) is 13.8 Å². The van der Waals surface area contributed by atoms with Crippen molar-refractivity contribution in [1.82, 2.24) is 5.43 Å². The Labute approximate surface area is 136 Å². The highest BCUT2D eigenvalue weighted by molar-refractivity contribution is 5.96. The van der Waals surface area contributed by atoms with Crippen LogP contribution in [0, 0.1) is 16.0 Å². The molecular weight excluding hydrogens is 296 g/mol. The molecule has 0 aliphatic heterocycles. The Kier molecular flexibility index (Phi) is 7.18. The molecule has 7 nitrogen and oxygen atoms in total. The monoisotopic (exact) mass is 320 g/mol. The van der Waals surface area contributed by atoms with E-state index in [0.29, 0.717) is 18.2 Å². The summed E-state index contributed by atoms with van der Waals surface area (Å²) in [5.74, 6) is 0.108. The first-order chi connectivity index (χ1) is 10.8. The van der Waals surface area contributed by atoms with E-state index in [0.717, 1.165) is 18.6 Å². The zero-order chi connectivity index (χ0) is 17.4. The van der Waals surface area contributed by atoms with Crippen LogP contribution in [0.4, 0.5) is 11.4 Å². The van der Waals surface area contributed by atoms with Gasteiger partial charge in [-0.1, -0.05) is 13.8 Å². The number of carbonyl (C=O) groups excluding carboxylic acids is 1. The summed E-state index contributed by atoms with van der Waals surface area (Å²) in [5.41, 5.74) is 3.75. The van der Waals surface area contributed by atoms with Gasteiger partial charge in [0.05, 0.1) is 4.92 Å². The molecule has 0 bridgehead atoms. The van der Waals surface area contributed by atoms with Crippen LogP contribution in [0.5, 0.6) is 0 Å². The topological polar surface area (TPSA) is 96.6 Å². The van der Waals surface area contributed by atoms with Gasteiger partial charge in [0.1, 0.15) is 5.69 Å². The largest absolute Gasteiger partial charge is 0.380 e. The van der Waals surface area contributed by atoms with Crippen molar-refractivity contribution in [3.63, 3.8) is 0 Å². The van der Waals surface area contributed by atoms with Crippen molar-refractivity contribution in [2.24, 2.45) is 11.0 Å². The van der Waals surface area contributed by atoms with Crippen LogP contribution in [-0.4, -0.2) is 23.1 Å². The van der Waals surface area contributed by atoms with Gasteiger partial charge in [0, 0.05) is 23.9 Å². The molecule has 0 unspecified atom stereocenters. The van der Waals surface area contributed by atoms with E-state index in [4.69, 9.17) is 0 Å². The third kappa shape index (κ3) is 6.06. The fraction of sp³-hybridized carbons (Fsp3) is 0.500. The number of anilines is 1. The van der Waals surface area contributed by atoms with Crippen LogP contribution in [0.15, 0.2) is 23.3 Å². The number of benzene rings is 1. The Morgan fingerprint density at radius 3 is 2.65 bits per heavy atom. The minimum absolute atomic E-state index is 0.125. The third-order valence-corrected chi connectivity index (χ3v) is 3.26. The highest BCUT2D eigenvalue weighted by Gasteiger charge is 2.17. The molecule has 0 radical (unpaired) electrons. The van der Waals surface area contributed by atoms with E-state index in [-0.39, 0.29) is 11.3 Å². The van der Waals surface area contributed by atoms with Gasteiger partial charge in [0.25, 0.3) is 11.6 Å². The number of nitro groups is 1. The highest BCUT2D eigenvalue weighted by atomic mass is 16.6. The van der Waals surface area contributed by atoms with Crippen LogP contribution >= 0.6 is 0 Å². The number of rotatable bonds is 8. The number of hydrogen-bond donors (Lipinski definition) is 2. The second-order valence-corrected chi connectivity index (χ2v) is 5.74. The number of amides is 1. The van der Waals surface area contributed by atoms with Gasteiger partial charge in [-0.3, -0.25) is 14.9 Å². The lowest BCUT2D eigenvalue weighted by Gasteiger charge is -2.07. The number of carbonyl (C=O) groups is 1. The van der Waals surface area contributed by atoms with Crippen LogP contribution in [-0.2, 0) is 0 Å². The Hall–Kier alpha value is -2.44. The van der Waals surface area contributed by atoms with Crippen LogP contribution in [0.3, 0.4) is 0 Å². The predicted octanol–water partition coefficient (Wildman–Crippen LogP) is 3.57. The van der Waals surface area contributed by atoms with Crippen molar-refractivity contribution in [3.8, 4) is 0 Å². The Morgan fingerprint density at radius 2 is 2.09 bits per heavy atom. The predicted molar refractivity (Wildman–Crippen MR) is 91.9 cm³/mol. The van der Waals surface area contributed by atoms with Gasteiger partial charge in [-0.05, 0) is 44.7 Å². The van der Waals surface area contributed by atoms with Gasteiger partial charge >= 0.3 is 0 Å². The summed E-state index contributed by atoms with van der Waals surface area (Å²) in [6, 6.07) is 4.33. The zero-order valence-corrected chi connectivity index (χ0v) is 14.0. The highest BCUT2D eigenvalue weighted by Crippen LogP contribution is 2.25. The fourth-order valence-electron chi connectivity index (χ4n) is 1.93. The van der Waals surface area contributed by atoms with Crippen molar-refractivity contribution in [3.05, 3.63) is 33.9 Å². The van der Waals surface area contributed by atoms with Gasteiger partial charge in [-0.2, -0.15) is 5.10 Å². The van der Waals surface area contributed by atoms with Crippen LogP contribution in [0.25, 0.3) is 0 Å². The van der Waals surface area contributed by atoms with Crippen molar-refractivity contribution in [2.45, 2.75) is 40.5 Å². The van der Waals surface area contributed by atoms with Gasteiger partial charge in [0.15, 0.2) is 0 Å². The molecule has 2 N–H and O–H groups in total. The van der Waals surface area contributed by atoms with E-state index in [9.17, 15) is 14.9 Å². The lowest BCUT2D eigenvalue weighted by atomic mass is 10.1. The minimum atomic E-state index is -0.508. The summed E-state index contributed by atoms with van der Waals surface area (Å²) in [4.78, 5) is 22.7. The van der Waals surface area contributed by atoms with Crippen molar-refractivity contribution in [1.29, 1.82) is 0 Å². The van der Waals surface area contributed by atoms with Gasteiger partial charge in [0.2, 0.25) is 0 Å². The zero-order valence-electron chi connectivity index (χ0n) is 14.0. The van der Waals surface area contributed by atoms with E-state index in [1.54, 1.807) is 6.07 Å². The average Bonchev–Trinajstić information content (AvgIpc) is 2.51. The molecule has 0 fully saturated rings. The summed E-state index contributed by atoms with van der Waals surface area (Å²) in [6.45, 7) is 8.50. The molecule has 1 aromatic rings. The molecule has 0 saturated heterocycles.